The van der Waals surface area contributed by atoms with Crippen LogP contribution in [0.5, 0.6) is 0 Å². The van der Waals surface area contributed by atoms with Gasteiger partial charge in [-0.2, -0.15) is 13.2 Å². The Morgan fingerprint density at radius 1 is 1.46 bits per heavy atom. The normalized spacial score (nSPS) is 21.2. The van der Waals surface area contributed by atoms with Gasteiger partial charge in [-0.15, -0.1) is 11.3 Å². The molecule has 0 saturated carbocycles. The van der Waals surface area contributed by atoms with Gasteiger partial charge in [0.1, 0.15) is 5.69 Å². The van der Waals surface area contributed by atoms with Crippen molar-refractivity contribution in [1.29, 1.82) is 0 Å². The summed E-state index contributed by atoms with van der Waals surface area (Å²) in [7, 11) is 1.51. The third-order valence-electron chi connectivity index (χ3n) is 4.34. The van der Waals surface area contributed by atoms with E-state index in [1.807, 2.05) is 0 Å². The zero-order valence-corrected chi connectivity index (χ0v) is 14.9. The summed E-state index contributed by atoms with van der Waals surface area (Å²) in [6, 6.07) is 3.08. The summed E-state index contributed by atoms with van der Waals surface area (Å²) in [5.74, 6) is -1.43. The van der Waals surface area contributed by atoms with Gasteiger partial charge in [0, 0.05) is 25.8 Å². The van der Waals surface area contributed by atoms with Crippen molar-refractivity contribution in [2.75, 3.05) is 20.2 Å². The van der Waals surface area contributed by atoms with E-state index in [2.05, 4.69) is 9.68 Å². The van der Waals surface area contributed by atoms with E-state index in [-0.39, 0.29) is 29.8 Å². The number of methoxy groups -OCH3 is 1. The number of carbonyl (C=O) groups excluding carboxylic acids is 1. The second-order valence-corrected chi connectivity index (χ2v) is 7.11. The molecule has 0 spiro atoms. The first-order chi connectivity index (χ1) is 12.2. The van der Waals surface area contributed by atoms with Gasteiger partial charge in [0.05, 0.1) is 22.0 Å². The summed E-state index contributed by atoms with van der Waals surface area (Å²) in [5.41, 5.74) is -0.0471. The molecule has 1 fully saturated rings. The number of aromatic nitrogens is 1. The lowest BCUT2D eigenvalue weighted by atomic mass is 10.0. The molecule has 2 aromatic rings. The van der Waals surface area contributed by atoms with Crippen molar-refractivity contribution < 1.29 is 32.3 Å². The van der Waals surface area contributed by atoms with Crippen LogP contribution in [-0.4, -0.2) is 53.5 Å². The lowest BCUT2D eigenvalue weighted by molar-refractivity contribution is -0.156. The Balaban J connectivity index is 1.78. The number of piperidine rings is 1. The molecule has 1 aliphatic rings. The fourth-order valence-corrected chi connectivity index (χ4v) is 3.95. The number of ether oxygens (including phenoxy) is 1. The average molecular weight is 390 g/mol. The number of alkyl halides is 3. The van der Waals surface area contributed by atoms with E-state index in [0.717, 1.165) is 11.3 Å². The topological polar surface area (TPSA) is 75.8 Å². The minimum absolute atomic E-state index is 0.0690. The van der Waals surface area contributed by atoms with Crippen molar-refractivity contribution in [2.24, 2.45) is 0 Å². The SMILES string of the molecule is CO[C@@H]1CCN(C(=O)c2ccc(-c3noc(C(F)(F)F)c3C)s2)C[C@@H]1O. The van der Waals surface area contributed by atoms with E-state index < -0.39 is 18.0 Å². The number of aliphatic hydroxyl groups is 1. The first-order valence-electron chi connectivity index (χ1n) is 7.86. The maximum Gasteiger partial charge on any atom is 0.452 e. The molecule has 142 valence electrons. The van der Waals surface area contributed by atoms with E-state index in [1.165, 1.54) is 18.9 Å². The number of thiophene rings is 1. The Morgan fingerprint density at radius 2 is 2.19 bits per heavy atom. The third kappa shape index (κ3) is 3.49. The molecule has 2 atom stereocenters. The molecule has 1 aliphatic heterocycles. The number of hydrogen-bond acceptors (Lipinski definition) is 6. The Hall–Kier alpha value is -1.91. The first-order valence-corrected chi connectivity index (χ1v) is 8.67. The van der Waals surface area contributed by atoms with Crippen LogP contribution in [0.4, 0.5) is 13.2 Å². The molecular formula is C16H17F3N2O4S. The smallest absolute Gasteiger partial charge is 0.389 e. The molecule has 0 aliphatic carbocycles. The van der Waals surface area contributed by atoms with E-state index in [0.29, 0.717) is 22.7 Å². The summed E-state index contributed by atoms with van der Waals surface area (Å²) in [6.07, 6.45) is -5.19. The quantitative estimate of drug-likeness (QED) is 0.872. The van der Waals surface area contributed by atoms with Gasteiger partial charge in [-0.1, -0.05) is 5.16 Å². The second-order valence-electron chi connectivity index (χ2n) is 6.03. The number of nitrogens with zero attached hydrogens (tertiary/aromatic N) is 2. The summed E-state index contributed by atoms with van der Waals surface area (Å²) in [5, 5.41) is 13.5. The molecule has 0 bridgehead atoms. The highest BCUT2D eigenvalue weighted by atomic mass is 32.1. The van der Waals surface area contributed by atoms with Gasteiger partial charge in [0.2, 0.25) is 5.76 Å². The highest BCUT2D eigenvalue weighted by Gasteiger charge is 2.39. The van der Waals surface area contributed by atoms with Crippen molar-refractivity contribution in [3.8, 4) is 10.6 Å². The zero-order valence-electron chi connectivity index (χ0n) is 14.0. The monoisotopic (exact) mass is 390 g/mol. The molecule has 0 aromatic carbocycles. The lowest BCUT2D eigenvalue weighted by Gasteiger charge is -2.34. The second kappa shape index (κ2) is 7.01. The summed E-state index contributed by atoms with van der Waals surface area (Å²) in [4.78, 5) is 14.9. The molecule has 0 unspecified atom stereocenters. The Morgan fingerprint density at radius 3 is 2.77 bits per heavy atom. The maximum absolute atomic E-state index is 12.8. The van der Waals surface area contributed by atoms with Gasteiger partial charge in [0.25, 0.3) is 5.91 Å². The van der Waals surface area contributed by atoms with Crippen molar-refractivity contribution in [3.05, 3.63) is 28.3 Å². The summed E-state index contributed by atoms with van der Waals surface area (Å²) in [6.45, 7) is 1.86. The summed E-state index contributed by atoms with van der Waals surface area (Å²) < 4.78 is 48.1. The molecule has 3 rings (SSSR count). The largest absolute Gasteiger partial charge is 0.452 e. The van der Waals surface area contributed by atoms with Crippen LogP contribution in [0.3, 0.4) is 0 Å². The van der Waals surface area contributed by atoms with Gasteiger partial charge in [-0.05, 0) is 25.5 Å². The minimum Gasteiger partial charge on any atom is -0.389 e. The van der Waals surface area contributed by atoms with E-state index in [4.69, 9.17) is 4.74 Å². The third-order valence-corrected chi connectivity index (χ3v) is 5.42. The van der Waals surface area contributed by atoms with Crippen molar-refractivity contribution in [3.63, 3.8) is 0 Å². The number of carbonyl (C=O) groups is 1. The number of halogens is 3. The van der Waals surface area contributed by atoms with Crippen LogP contribution in [0.15, 0.2) is 16.7 Å². The predicted octanol–water partition coefficient (Wildman–Crippen LogP) is 2.95. The molecule has 2 aromatic heterocycles. The van der Waals surface area contributed by atoms with Gasteiger partial charge in [0.15, 0.2) is 0 Å². The molecule has 3 heterocycles. The Kier molecular flexibility index (Phi) is 5.09. The van der Waals surface area contributed by atoms with Gasteiger partial charge in [-0.25, -0.2) is 0 Å². The van der Waals surface area contributed by atoms with Crippen LogP contribution in [0, 0.1) is 6.92 Å². The molecule has 26 heavy (non-hydrogen) atoms. The molecule has 1 saturated heterocycles. The van der Waals surface area contributed by atoms with Crippen LogP contribution in [0.25, 0.3) is 10.6 Å². The van der Waals surface area contributed by atoms with E-state index >= 15 is 0 Å². The molecule has 6 nitrogen and oxygen atoms in total. The maximum atomic E-state index is 12.8. The van der Waals surface area contributed by atoms with E-state index in [1.54, 1.807) is 12.1 Å². The first kappa shape index (κ1) is 18.9. The van der Waals surface area contributed by atoms with Crippen molar-refractivity contribution >= 4 is 17.2 Å². The number of β-amino-alcohol motifs (C(OH)–C–C–N with tert-alkyl or cyclic N) is 1. The Labute approximate surface area is 151 Å². The average Bonchev–Trinajstić information content (AvgIpc) is 3.20. The number of likely N-dealkylation sites (tertiary alicyclic amines) is 1. The van der Waals surface area contributed by atoms with Crippen molar-refractivity contribution in [1.82, 2.24) is 10.1 Å². The molecule has 0 radical (unpaired) electrons. The van der Waals surface area contributed by atoms with Gasteiger partial charge >= 0.3 is 6.18 Å². The lowest BCUT2D eigenvalue weighted by Crippen LogP contribution is -2.49. The summed E-state index contributed by atoms with van der Waals surface area (Å²) >= 11 is 1.04. The highest BCUT2D eigenvalue weighted by Crippen LogP contribution is 2.38. The molecule has 1 amide bonds. The number of rotatable bonds is 3. The van der Waals surface area contributed by atoms with Crippen LogP contribution >= 0.6 is 11.3 Å². The van der Waals surface area contributed by atoms with Gasteiger partial charge in [-0.3, -0.25) is 4.79 Å². The number of aliphatic hydroxyl groups excluding tert-OH is 1. The number of hydrogen-bond donors (Lipinski definition) is 1. The van der Waals surface area contributed by atoms with Crippen LogP contribution in [0.2, 0.25) is 0 Å². The highest BCUT2D eigenvalue weighted by molar-refractivity contribution is 7.17. The van der Waals surface area contributed by atoms with Crippen LogP contribution < -0.4 is 0 Å². The fraction of sp³-hybridized carbons (Fsp3) is 0.500. The number of amides is 1. The predicted molar refractivity (Wildman–Crippen MR) is 86.9 cm³/mol. The molecular weight excluding hydrogens is 373 g/mol. The standard InChI is InChI=1S/C16H17F3N2O4S/c1-8-13(20-25-14(8)16(17,18)19)11-3-4-12(26-11)15(23)21-6-5-10(24-2)9(22)7-21/h3-4,9-10,22H,5-7H2,1-2H3/t9-,10+/m0/s1. The Bertz CT molecular complexity index is 802. The fourth-order valence-electron chi connectivity index (χ4n) is 2.94. The zero-order chi connectivity index (χ0) is 19.1. The van der Waals surface area contributed by atoms with Crippen molar-refractivity contribution in [2.45, 2.75) is 31.7 Å². The van der Waals surface area contributed by atoms with Crippen LogP contribution in [-0.2, 0) is 10.9 Å². The molecule has 1 N–H and O–H groups in total. The molecule has 10 heteroatoms. The minimum atomic E-state index is -4.62. The van der Waals surface area contributed by atoms with Crippen LogP contribution in [0.1, 0.15) is 27.4 Å². The van der Waals surface area contributed by atoms with E-state index in [9.17, 15) is 23.1 Å². The van der Waals surface area contributed by atoms with Gasteiger partial charge < -0.3 is 19.3 Å².